The summed E-state index contributed by atoms with van der Waals surface area (Å²) < 4.78 is 6.12. The average Bonchev–Trinajstić information content (AvgIpc) is 3.27. The number of hydrogen-bond acceptors (Lipinski definition) is 4. The van der Waals surface area contributed by atoms with Gasteiger partial charge in [0.25, 0.3) is 5.91 Å². The van der Waals surface area contributed by atoms with Crippen LogP contribution < -0.4 is 4.74 Å². The van der Waals surface area contributed by atoms with E-state index in [1.54, 1.807) is 0 Å². The van der Waals surface area contributed by atoms with Crippen LogP contribution in [0.25, 0.3) is 16.8 Å². The van der Waals surface area contributed by atoms with Crippen molar-refractivity contribution < 1.29 is 9.53 Å². The van der Waals surface area contributed by atoms with Crippen molar-refractivity contribution in [2.45, 2.75) is 45.3 Å². The summed E-state index contributed by atoms with van der Waals surface area (Å²) in [4.78, 5) is 21.3. The smallest absolute Gasteiger partial charge is 0.267 e. The Morgan fingerprint density at radius 2 is 1.64 bits per heavy atom. The lowest BCUT2D eigenvalue weighted by molar-refractivity contribution is -0.124. The predicted molar refractivity (Wildman–Crippen MR) is 162 cm³/mol. The Morgan fingerprint density at radius 3 is 2.46 bits per heavy atom. The van der Waals surface area contributed by atoms with Crippen LogP contribution in [0.4, 0.5) is 5.69 Å². The van der Waals surface area contributed by atoms with Crippen LogP contribution >= 0.6 is 11.8 Å². The summed E-state index contributed by atoms with van der Waals surface area (Å²) in [7, 11) is 0. The van der Waals surface area contributed by atoms with Gasteiger partial charge in [-0.3, -0.25) is 9.69 Å². The number of carbonyl (C=O) groups excluding carboxylic acids is 1. The number of thioether (sulfide) groups is 1. The van der Waals surface area contributed by atoms with Gasteiger partial charge in [0, 0.05) is 6.04 Å². The zero-order chi connectivity index (χ0) is 26.6. The maximum atomic E-state index is 13.7. The SMILES string of the molecule is C[C@@H]1CCCC[C@H]1N1C(=O)/C(=C/c2ccc(OCc3cccc4ccccc34)cc2)SC1=Nc1ccccc1. The summed E-state index contributed by atoms with van der Waals surface area (Å²) >= 11 is 1.48. The third-order valence-electron chi connectivity index (χ3n) is 7.67. The van der Waals surface area contributed by atoms with E-state index >= 15 is 0 Å². The molecule has 0 unspecified atom stereocenters. The normalized spacial score (nSPS) is 21.7. The summed E-state index contributed by atoms with van der Waals surface area (Å²) in [6, 6.07) is 32.7. The Balaban J connectivity index is 1.21. The van der Waals surface area contributed by atoms with E-state index < -0.39 is 0 Å². The van der Waals surface area contributed by atoms with Crippen LogP contribution in [0.15, 0.2) is 107 Å². The fourth-order valence-corrected chi connectivity index (χ4v) is 6.59. The summed E-state index contributed by atoms with van der Waals surface area (Å²) in [6.45, 7) is 2.77. The molecule has 196 valence electrons. The van der Waals surface area contributed by atoms with Crippen molar-refractivity contribution in [3.63, 3.8) is 0 Å². The maximum absolute atomic E-state index is 13.7. The Kier molecular flexibility index (Phi) is 7.51. The molecule has 1 amide bonds. The monoisotopic (exact) mass is 532 g/mol. The summed E-state index contributed by atoms with van der Waals surface area (Å²) in [5, 5.41) is 3.21. The van der Waals surface area contributed by atoms with Gasteiger partial charge in [0.2, 0.25) is 0 Å². The molecule has 5 heteroatoms. The molecule has 0 bridgehead atoms. The number of amidine groups is 1. The van der Waals surface area contributed by atoms with Gasteiger partial charge in [-0.15, -0.1) is 0 Å². The Bertz CT molecular complexity index is 1520. The highest BCUT2D eigenvalue weighted by molar-refractivity contribution is 8.18. The van der Waals surface area contributed by atoms with E-state index in [1.807, 2.05) is 65.6 Å². The van der Waals surface area contributed by atoms with Crippen molar-refractivity contribution in [1.82, 2.24) is 4.90 Å². The van der Waals surface area contributed by atoms with Crippen LogP contribution in [0.1, 0.15) is 43.7 Å². The number of nitrogens with zero attached hydrogens (tertiary/aromatic N) is 2. The minimum Gasteiger partial charge on any atom is -0.489 e. The van der Waals surface area contributed by atoms with Crippen molar-refractivity contribution in [2.75, 3.05) is 0 Å². The largest absolute Gasteiger partial charge is 0.489 e. The van der Waals surface area contributed by atoms with E-state index in [9.17, 15) is 4.79 Å². The molecular formula is C34H32N2O2S. The highest BCUT2D eigenvalue weighted by Crippen LogP contribution is 2.40. The van der Waals surface area contributed by atoms with Crippen molar-refractivity contribution in [3.05, 3.63) is 113 Å². The standard InChI is InChI=1S/C34H32N2O2S/c1-24-10-5-8-17-31(24)36-33(37)32(39-34(36)35-28-14-3-2-4-15-28)22-25-18-20-29(21-19-25)38-23-27-13-9-12-26-11-6-7-16-30(26)27/h2-4,6-7,9,11-16,18-22,24,31H,5,8,10,17,23H2,1H3/b32-22-,35-34?/t24-,31-/m1/s1. The third kappa shape index (κ3) is 5.64. The first kappa shape index (κ1) is 25.4. The molecule has 2 fully saturated rings. The predicted octanol–water partition coefficient (Wildman–Crippen LogP) is 8.60. The number of amides is 1. The van der Waals surface area contributed by atoms with Crippen LogP contribution in [0.3, 0.4) is 0 Å². The van der Waals surface area contributed by atoms with E-state index in [2.05, 4.69) is 49.4 Å². The van der Waals surface area contributed by atoms with E-state index in [4.69, 9.17) is 9.73 Å². The molecule has 4 aromatic rings. The molecule has 6 rings (SSSR count). The molecule has 4 nitrogen and oxygen atoms in total. The number of para-hydroxylation sites is 1. The highest BCUT2D eigenvalue weighted by Gasteiger charge is 2.41. The number of ether oxygens (including phenoxy) is 1. The molecule has 39 heavy (non-hydrogen) atoms. The van der Waals surface area contributed by atoms with Gasteiger partial charge in [0.15, 0.2) is 5.17 Å². The maximum Gasteiger partial charge on any atom is 0.267 e. The molecule has 1 aliphatic carbocycles. The number of carbonyl (C=O) groups is 1. The quantitative estimate of drug-likeness (QED) is 0.234. The molecule has 1 aliphatic heterocycles. The fourth-order valence-electron chi connectivity index (χ4n) is 5.54. The minimum atomic E-state index is 0.0599. The topological polar surface area (TPSA) is 41.9 Å². The highest BCUT2D eigenvalue weighted by atomic mass is 32.2. The second-order valence-electron chi connectivity index (χ2n) is 10.3. The van der Waals surface area contributed by atoms with E-state index in [1.165, 1.54) is 29.0 Å². The van der Waals surface area contributed by atoms with Crippen molar-refractivity contribution in [3.8, 4) is 5.75 Å². The van der Waals surface area contributed by atoms with E-state index in [0.29, 0.717) is 17.4 Å². The number of aliphatic imine (C=N–C) groups is 1. The molecule has 4 aromatic carbocycles. The Morgan fingerprint density at radius 1 is 0.897 bits per heavy atom. The lowest BCUT2D eigenvalue weighted by atomic mass is 9.85. The van der Waals surface area contributed by atoms with Gasteiger partial charge in [0.1, 0.15) is 12.4 Å². The van der Waals surface area contributed by atoms with Gasteiger partial charge < -0.3 is 4.74 Å². The molecule has 1 heterocycles. The summed E-state index contributed by atoms with van der Waals surface area (Å²) in [5.74, 6) is 1.32. The van der Waals surface area contributed by atoms with Crippen molar-refractivity contribution in [2.24, 2.45) is 10.9 Å². The lowest BCUT2D eigenvalue weighted by Gasteiger charge is -2.35. The molecular weight excluding hydrogens is 500 g/mol. The first-order valence-corrected chi connectivity index (χ1v) is 14.5. The van der Waals surface area contributed by atoms with Gasteiger partial charge in [-0.2, -0.15) is 0 Å². The molecule has 0 radical (unpaired) electrons. The number of rotatable bonds is 6. The molecule has 2 aliphatic rings. The molecule has 0 aromatic heterocycles. The van der Waals surface area contributed by atoms with Gasteiger partial charge in [-0.1, -0.05) is 92.6 Å². The molecule has 1 saturated heterocycles. The van der Waals surface area contributed by atoms with Crippen LogP contribution in [0.2, 0.25) is 0 Å². The molecule has 2 atom stereocenters. The van der Waals surface area contributed by atoms with Gasteiger partial charge in [-0.05, 0) is 82.8 Å². The van der Waals surface area contributed by atoms with Crippen molar-refractivity contribution in [1.29, 1.82) is 0 Å². The zero-order valence-electron chi connectivity index (χ0n) is 22.1. The van der Waals surface area contributed by atoms with Crippen LogP contribution in [-0.4, -0.2) is 22.0 Å². The second kappa shape index (κ2) is 11.5. The first-order valence-electron chi connectivity index (χ1n) is 13.7. The third-order valence-corrected chi connectivity index (χ3v) is 8.65. The lowest BCUT2D eigenvalue weighted by Crippen LogP contribution is -2.44. The molecule has 0 spiro atoms. The van der Waals surface area contributed by atoms with Crippen LogP contribution in [-0.2, 0) is 11.4 Å². The fraction of sp³-hybridized carbons (Fsp3) is 0.235. The van der Waals surface area contributed by atoms with Gasteiger partial charge in [-0.25, -0.2) is 4.99 Å². The molecule has 1 saturated carbocycles. The van der Waals surface area contributed by atoms with Gasteiger partial charge >= 0.3 is 0 Å². The van der Waals surface area contributed by atoms with Crippen LogP contribution in [0, 0.1) is 5.92 Å². The number of benzene rings is 4. The van der Waals surface area contributed by atoms with Crippen molar-refractivity contribution >= 4 is 45.4 Å². The number of hydrogen-bond donors (Lipinski definition) is 0. The zero-order valence-corrected chi connectivity index (χ0v) is 22.9. The van der Waals surface area contributed by atoms with E-state index in [0.717, 1.165) is 47.0 Å². The summed E-state index contributed by atoms with van der Waals surface area (Å²) in [5.41, 5.74) is 3.01. The van der Waals surface area contributed by atoms with E-state index in [-0.39, 0.29) is 11.9 Å². The number of fused-ring (bicyclic) bond motifs is 1. The van der Waals surface area contributed by atoms with Crippen LogP contribution in [0.5, 0.6) is 5.75 Å². The Labute approximate surface area is 234 Å². The summed E-state index contributed by atoms with van der Waals surface area (Å²) in [6.07, 6.45) is 6.54. The minimum absolute atomic E-state index is 0.0599. The Hall–Kier alpha value is -3.83. The first-order chi connectivity index (χ1) is 19.2. The second-order valence-corrected chi connectivity index (χ2v) is 11.3. The van der Waals surface area contributed by atoms with Gasteiger partial charge in [0.05, 0.1) is 10.6 Å². The average molecular weight is 533 g/mol. The molecule has 0 N–H and O–H groups in total.